The number of anilines is 1. The van der Waals surface area contributed by atoms with Crippen molar-refractivity contribution in [3.05, 3.63) is 35.0 Å². The van der Waals surface area contributed by atoms with Crippen molar-refractivity contribution < 1.29 is 13.9 Å². The van der Waals surface area contributed by atoms with Gasteiger partial charge < -0.3 is 15.0 Å². The van der Waals surface area contributed by atoms with Gasteiger partial charge in [0, 0.05) is 31.7 Å². The lowest BCUT2D eigenvalue weighted by Crippen LogP contribution is -2.43. The van der Waals surface area contributed by atoms with Crippen LogP contribution in [0.2, 0.25) is 0 Å². The van der Waals surface area contributed by atoms with Crippen LogP contribution in [0.5, 0.6) is 0 Å². The number of aromatic nitrogens is 1. The highest BCUT2D eigenvalue weighted by molar-refractivity contribution is 7.17. The van der Waals surface area contributed by atoms with Gasteiger partial charge in [-0.1, -0.05) is 23.5 Å². The van der Waals surface area contributed by atoms with Crippen LogP contribution in [0.15, 0.2) is 24.3 Å². The molecule has 0 atom stereocenters. The zero-order valence-corrected chi connectivity index (χ0v) is 13.7. The molecule has 1 aromatic carbocycles. The molecule has 1 aliphatic heterocycles. The summed E-state index contributed by atoms with van der Waals surface area (Å²) in [5.41, 5.74) is 1.08. The Morgan fingerprint density at radius 3 is 2.91 bits per heavy atom. The van der Waals surface area contributed by atoms with Crippen LogP contribution in [0.4, 0.5) is 9.52 Å². The highest BCUT2D eigenvalue weighted by Gasteiger charge is 2.24. The van der Waals surface area contributed by atoms with Gasteiger partial charge in [-0.2, -0.15) is 0 Å². The average molecular weight is 335 g/mol. The van der Waals surface area contributed by atoms with Crippen molar-refractivity contribution in [2.45, 2.75) is 6.92 Å². The summed E-state index contributed by atoms with van der Waals surface area (Å²) in [7, 11) is 0. The van der Waals surface area contributed by atoms with Gasteiger partial charge in [0.05, 0.1) is 12.3 Å². The highest BCUT2D eigenvalue weighted by atomic mass is 32.1. The van der Waals surface area contributed by atoms with Crippen LogP contribution in [-0.2, 0) is 4.74 Å². The normalized spacial score (nSPS) is 14.8. The summed E-state index contributed by atoms with van der Waals surface area (Å²) in [6.45, 7) is 5.48. The molecule has 0 aliphatic carbocycles. The van der Waals surface area contributed by atoms with E-state index in [1.54, 1.807) is 19.1 Å². The smallest absolute Gasteiger partial charge is 0.350 e. The highest BCUT2D eigenvalue weighted by Crippen LogP contribution is 2.34. The number of halogens is 1. The lowest BCUT2D eigenvalue weighted by atomic mass is 10.1. The van der Waals surface area contributed by atoms with Gasteiger partial charge in [-0.15, -0.1) is 0 Å². The van der Waals surface area contributed by atoms with Crippen LogP contribution in [-0.4, -0.2) is 43.7 Å². The molecule has 23 heavy (non-hydrogen) atoms. The minimum Gasteiger partial charge on any atom is -0.462 e. The number of benzene rings is 1. The Kier molecular flexibility index (Phi) is 4.88. The second-order valence-corrected chi connectivity index (χ2v) is 6.12. The molecule has 0 amide bonds. The summed E-state index contributed by atoms with van der Waals surface area (Å²) >= 11 is 1.30. The number of esters is 1. The molecule has 122 valence electrons. The van der Waals surface area contributed by atoms with Crippen LogP contribution in [0.25, 0.3) is 11.3 Å². The van der Waals surface area contributed by atoms with Crippen molar-refractivity contribution >= 4 is 22.4 Å². The molecule has 2 aromatic rings. The van der Waals surface area contributed by atoms with Gasteiger partial charge >= 0.3 is 5.97 Å². The first-order chi connectivity index (χ1) is 11.2. The number of hydrogen-bond donors (Lipinski definition) is 1. The summed E-state index contributed by atoms with van der Waals surface area (Å²) in [6, 6.07) is 6.13. The first-order valence-electron chi connectivity index (χ1n) is 7.58. The molecule has 1 N–H and O–H groups in total. The van der Waals surface area contributed by atoms with Crippen molar-refractivity contribution in [3.63, 3.8) is 0 Å². The number of hydrogen-bond acceptors (Lipinski definition) is 6. The van der Waals surface area contributed by atoms with Crippen molar-refractivity contribution in [2.75, 3.05) is 37.7 Å². The maximum atomic E-state index is 13.5. The van der Waals surface area contributed by atoms with E-state index in [0.29, 0.717) is 22.7 Å². The lowest BCUT2D eigenvalue weighted by Gasteiger charge is -2.26. The second-order valence-electron chi connectivity index (χ2n) is 5.14. The predicted octanol–water partition coefficient (Wildman–Crippen LogP) is 2.54. The van der Waals surface area contributed by atoms with Crippen molar-refractivity contribution in [2.24, 2.45) is 0 Å². The van der Waals surface area contributed by atoms with Gasteiger partial charge in [0.2, 0.25) is 0 Å². The Bertz CT molecular complexity index is 698. The number of carbonyl (C=O) groups excluding carboxylic acids is 1. The Labute approximate surface area is 138 Å². The Morgan fingerprint density at radius 2 is 2.22 bits per heavy atom. The fourth-order valence-electron chi connectivity index (χ4n) is 2.47. The van der Waals surface area contributed by atoms with Gasteiger partial charge in [-0.3, -0.25) is 0 Å². The fraction of sp³-hybridized carbons (Fsp3) is 0.375. The molecule has 0 saturated carbocycles. The molecule has 2 heterocycles. The minimum absolute atomic E-state index is 0.294. The van der Waals surface area contributed by atoms with E-state index in [2.05, 4.69) is 15.2 Å². The molecule has 0 radical (unpaired) electrons. The van der Waals surface area contributed by atoms with Crippen molar-refractivity contribution in [3.8, 4) is 11.3 Å². The van der Waals surface area contributed by atoms with Crippen molar-refractivity contribution in [1.29, 1.82) is 0 Å². The number of thiazole rings is 1. The summed E-state index contributed by atoms with van der Waals surface area (Å²) < 4.78 is 18.7. The van der Waals surface area contributed by atoms with E-state index >= 15 is 0 Å². The molecule has 0 bridgehead atoms. The summed E-state index contributed by atoms with van der Waals surface area (Å²) in [4.78, 5) is 19.4. The number of rotatable bonds is 4. The van der Waals surface area contributed by atoms with Crippen LogP contribution >= 0.6 is 11.3 Å². The van der Waals surface area contributed by atoms with Gasteiger partial charge in [0.25, 0.3) is 0 Å². The largest absolute Gasteiger partial charge is 0.462 e. The Hall–Kier alpha value is -1.99. The maximum Gasteiger partial charge on any atom is 0.350 e. The number of piperazine rings is 1. The maximum absolute atomic E-state index is 13.5. The van der Waals surface area contributed by atoms with E-state index in [9.17, 15) is 9.18 Å². The molecule has 7 heteroatoms. The first kappa shape index (κ1) is 15.9. The molecule has 1 saturated heterocycles. The number of nitrogens with zero attached hydrogens (tertiary/aromatic N) is 2. The third-order valence-corrected chi connectivity index (χ3v) is 4.66. The topological polar surface area (TPSA) is 54.5 Å². The number of carbonyl (C=O) groups is 1. The van der Waals surface area contributed by atoms with E-state index in [4.69, 9.17) is 4.74 Å². The summed E-state index contributed by atoms with van der Waals surface area (Å²) in [6.07, 6.45) is 0. The average Bonchev–Trinajstić information content (AvgIpc) is 3.01. The molecule has 3 rings (SSSR count). The van der Waals surface area contributed by atoms with Crippen molar-refractivity contribution in [1.82, 2.24) is 10.3 Å². The van der Waals surface area contributed by atoms with Gasteiger partial charge in [-0.25, -0.2) is 14.2 Å². The van der Waals surface area contributed by atoms with Gasteiger partial charge in [-0.05, 0) is 19.1 Å². The van der Waals surface area contributed by atoms with Gasteiger partial charge in [0.15, 0.2) is 5.13 Å². The standard InChI is InChI=1S/C16H18FN3O2S/c1-2-22-15(21)14-13(11-4-3-5-12(17)10-11)19-16(23-14)20-8-6-18-7-9-20/h3-5,10,18H,2,6-9H2,1H3. The Balaban J connectivity index is 2.01. The first-order valence-corrected chi connectivity index (χ1v) is 8.40. The number of nitrogens with one attached hydrogen (secondary N) is 1. The van der Waals surface area contributed by atoms with Crippen LogP contribution in [0, 0.1) is 5.82 Å². The second kappa shape index (κ2) is 7.06. The SMILES string of the molecule is CCOC(=O)c1sc(N2CCNCC2)nc1-c1cccc(F)c1. The summed E-state index contributed by atoms with van der Waals surface area (Å²) in [5, 5.41) is 4.05. The minimum atomic E-state index is -0.411. The molecule has 0 spiro atoms. The van der Waals surface area contributed by atoms with E-state index in [1.807, 2.05) is 0 Å². The van der Waals surface area contributed by atoms with E-state index in [1.165, 1.54) is 23.5 Å². The van der Waals surface area contributed by atoms with E-state index in [0.717, 1.165) is 31.3 Å². The molecule has 1 aliphatic rings. The van der Waals surface area contributed by atoms with E-state index < -0.39 is 5.97 Å². The van der Waals surface area contributed by atoms with E-state index in [-0.39, 0.29) is 5.82 Å². The Morgan fingerprint density at radius 1 is 1.43 bits per heavy atom. The quantitative estimate of drug-likeness (QED) is 0.870. The third-order valence-electron chi connectivity index (χ3n) is 3.56. The zero-order chi connectivity index (χ0) is 16.2. The van der Waals surface area contributed by atoms with Crippen LogP contribution in [0.1, 0.15) is 16.6 Å². The number of ether oxygens (including phenoxy) is 1. The van der Waals surface area contributed by atoms with Crippen LogP contribution in [0.3, 0.4) is 0 Å². The molecule has 5 nitrogen and oxygen atoms in total. The third kappa shape index (κ3) is 3.51. The summed E-state index contributed by atoms with van der Waals surface area (Å²) in [5.74, 6) is -0.764. The predicted molar refractivity (Wildman–Crippen MR) is 88.5 cm³/mol. The zero-order valence-electron chi connectivity index (χ0n) is 12.8. The fourth-order valence-corrected chi connectivity index (χ4v) is 3.50. The van der Waals surface area contributed by atoms with Gasteiger partial charge in [0.1, 0.15) is 10.7 Å². The molecule has 0 unspecified atom stereocenters. The lowest BCUT2D eigenvalue weighted by molar-refractivity contribution is 0.0532. The van der Waals surface area contributed by atoms with Crippen LogP contribution < -0.4 is 10.2 Å². The molecule has 1 aromatic heterocycles. The molecule has 1 fully saturated rings. The monoisotopic (exact) mass is 335 g/mol. The molecular weight excluding hydrogens is 317 g/mol. The molecular formula is C16H18FN3O2S.